The van der Waals surface area contributed by atoms with Gasteiger partial charge in [0.2, 0.25) is 5.91 Å². The number of aryl methyl sites for hydroxylation is 1. The van der Waals surface area contributed by atoms with Crippen LogP contribution in [0.2, 0.25) is 5.02 Å². The Bertz CT molecular complexity index is 738. The van der Waals surface area contributed by atoms with Gasteiger partial charge in [0.25, 0.3) is 5.91 Å². The molecule has 0 unspecified atom stereocenters. The van der Waals surface area contributed by atoms with Crippen molar-refractivity contribution in [2.45, 2.75) is 26.2 Å². The van der Waals surface area contributed by atoms with Crippen LogP contribution in [0.4, 0.5) is 0 Å². The lowest BCUT2D eigenvalue weighted by atomic mass is 9.79. The zero-order valence-corrected chi connectivity index (χ0v) is 15.1. The second kappa shape index (κ2) is 7.53. The summed E-state index contributed by atoms with van der Waals surface area (Å²) in [5.74, 6) is -2.55. The predicted molar refractivity (Wildman–Crippen MR) is 93.4 cm³/mol. The van der Waals surface area contributed by atoms with E-state index in [-0.39, 0.29) is 18.4 Å². The Morgan fingerprint density at radius 3 is 2.54 bits per heavy atom. The highest BCUT2D eigenvalue weighted by molar-refractivity contribution is 6.31. The van der Waals surface area contributed by atoms with Crippen LogP contribution in [0.5, 0.6) is 5.75 Å². The Labute approximate surface area is 156 Å². The van der Waals surface area contributed by atoms with Crippen LogP contribution in [-0.2, 0) is 14.4 Å². The van der Waals surface area contributed by atoms with Gasteiger partial charge in [0, 0.05) is 5.02 Å². The molecule has 1 aromatic rings. The van der Waals surface area contributed by atoms with Crippen LogP contribution in [0, 0.1) is 30.6 Å². The van der Waals surface area contributed by atoms with Crippen LogP contribution < -0.4 is 15.6 Å². The molecule has 2 fully saturated rings. The highest BCUT2D eigenvalue weighted by atomic mass is 35.5. The van der Waals surface area contributed by atoms with Gasteiger partial charge in [-0.15, -0.1) is 0 Å². The molecule has 4 atom stereocenters. The molecule has 2 aliphatic carbocycles. The number of carboxylic acid groups (broad SMARTS) is 1. The van der Waals surface area contributed by atoms with E-state index < -0.39 is 29.6 Å². The van der Waals surface area contributed by atoms with Gasteiger partial charge < -0.3 is 9.84 Å². The number of nitrogens with one attached hydrogen (secondary N) is 2. The number of ether oxygens (including phenoxy) is 1. The summed E-state index contributed by atoms with van der Waals surface area (Å²) in [4.78, 5) is 35.7. The number of fused-ring (bicyclic) bond motifs is 2. The molecule has 0 radical (unpaired) electrons. The second-order valence-corrected chi connectivity index (χ2v) is 7.37. The number of hydrazine groups is 1. The van der Waals surface area contributed by atoms with E-state index in [1.165, 1.54) is 0 Å². The summed E-state index contributed by atoms with van der Waals surface area (Å²) in [5, 5.41) is 9.99. The minimum atomic E-state index is -0.940. The van der Waals surface area contributed by atoms with Crippen LogP contribution >= 0.6 is 11.6 Å². The third kappa shape index (κ3) is 3.77. The Morgan fingerprint density at radius 2 is 1.88 bits per heavy atom. The molecule has 0 heterocycles. The summed E-state index contributed by atoms with van der Waals surface area (Å²) in [6.07, 6.45) is 2.48. The van der Waals surface area contributed by atoms with Gasteiger partial charge in [0.15, 0.2) is 6.61 Å². The van der Waals surface area contributed by atoms with Gasteiger partial charge in [0.05, 0.1) is 11.8 Å². The van der Waals surface area contributed by atoms with Gasteiger partial charge in [-0.2, -0.15) is 0 Å². The molecule has 0 saturated heterocycles. The Hall–Kier alpha value is -2.28. The van der Waals surface area contributed by atoms with Crippen LogP contribution in [0.15, 0.2) is 18.2 Å². The molecule has 0 aromatic heterocycles. The van der Waals surface area contributed by atoms with Crippen LogP contribution in [0.25, 0.3) is 0 Å². The number of carbonyl (C=O) groups is 3. The molecule has 2 amide bonds. The molecule has 0 aliphatic heterocycles. The molecule has 3 N–H and O–H groups in total. The maximum absolute atomic E-state index is 12.4. The molecule has 2 aliphatic rings. The lowest BCUT2D eigenvalue weighted by Crippen LogP contribution is -2.49. The van der Waals surface area contributed by atoms with Gasteiger partial charge in [-0.05, 0) is 61.8 Å². The van der Waals surface area contributed by atoms with E-state index in [2.05, 4.69) is 10.9 Å². The van der Waals surface area contributed by atoms with E-state index in [0.717, 1.165) is 24.8 Å². The molecule has 7 nitrogen and oxygen atoms in total. The van der Waals surface area contributed by atoms with Crippen molar-refractivity contribution < 1.29 is 24.2 Å². The SMILES string of the molecule is Cc1cc(OCC(=O)NNC(=O)[C@@H]2[C@@H]3CC[C@@H](C3)[C@@H]2C(=O)O)ccc1Cl. The molecule has 1 aromatic carbocycles. The lowest BCUT2D eigenvalue weighted by Gasteiger charge is -2.26. The largest absolute Gasteiger partial charge is 0.484 e. The van der Waals surface area contributed by atoms with E-state index in [0.29, 0.717) is 10.8 Å². The van der Waals surface area contributed by atoms with Crippen LogP contribution in [0.3, 0.4) is 0 Å². The number of hydrogen-bond donors (Lipinski definition) is 3. The summed E-state index contributed by atoms with van der Waals surface area (Å²) in [5.41, 5.74) is 5.47. The number of hydrogen-bond acceptors (Lipinski definition) is 4. The van der Waals surface area contributed by atoms with Gasteiger partial charge in [-0.25, -0.2) is 0 Å². The van der Waals surface area contributed by atoms with Crippen molar-refractivity contribution in [3.8, 4) is 5.75 Å². The first-order valence-corrected chi connectivity index (χ1v) is 8.95. The molecular formula is C18H21ClN2O5. The molecule has 3 rings (SSSR count). The van der Waals surface area contributed by atoms with Gasteiger partial charge >= 0.3 is 5.97 Å². The van der Waals surface area contributed by atoms with Gasteiger partial charge in [-0.3, -0.25) is 25.2 Å². The highest BCUT2D eigenvalue weighted by Crippen LogP contribution is 2.52. The fourth-order valence-electron chi connectivity index (χ4n) is 4.13. The number of rotatable bonds is 5. The lowest BCUT2D eigenvalue weighted by molar-refractivity contribution is -0.150. The third-order valence-corrected chi connectivity index (χ3v) is 5.75. The number of carbonyl (C=O) groups excluding carboxylic acids is 2. The second-order valence-electron chi connectivity index (χ2n) is 6.96. The summed E-state index contributed by atoms with van der Waals surface area (Å²) in [6.45, 7) is 1.55. The minimum absolute atomic E-state index is 0.0560. The van der Waals surface area contributed by atoms with Gasteiger partial charge in [-0.1, -0.05) is 11.6 Å². The maximum atomic E-state index is 12.4. The van der Waals surface area contributed by atoms with E-state index in [1.807, 2.05) is 6.92 Å². The fraction of sp³-hybridized carbons (Fsp3) is 0.500. The monoisotopic (exact) mass is 380 g/mol. The average Bonchev–Trinajstić information content (AvgIpc) is 3.21. The van der Waals surface area contributed by atoms with Crippen molar-refractivity contribution in [2.24, 2.45) is 23.7 Å². The van der Waals surface area contributed by atoms with Crippen molar-refractivity contribution in [3.05, 3.63) is 28.8 Å². The van der Waals surface area contributed by atoms with Crippen molar-refractivity contribution in [1.29, 1.82) is 0 Å². The first-order valence-electron chi connectivity index (χ1n) is 8.57. The third-order valence-electron chi connectivity index (χ3n) is 5.33. The standard InChI is InChI=1S/C18H21ClN2O5/c1-9-6-12(4-5-13(9)19)26-8-14(22)20-21-17(23)15-10-2-3-11(7-10)16(15)18(24)25/h4-6,10-11,15-16H,2-3,7-8H2,1H3,(H,20,22)(H,21,23)(H,24,25)/t10-,11+,15-,16+/m1/s1. The van der Waals surface area contributed by atoms with Crippen molar-refractivity contribution in [2.75, 3.05) is 6.61 Å². The smallest absolute Gasteiger partial charge is 0.307 e. The van der Waals surface area contributed by atoms with Crippen molar-refractivity contribution >= 4 is 29.4 Å². The summed E-state index contributed by atoms with van der Waals surface area (Å²) >= 11 is 5.93. The van der Waals surface area contributed by atoms with Crippen molar-refractivity contribution in [3.63, 3.8) is 0 Å². The van der Waals surface area contributed by atoms with Gasteiger partial charge in [0.1, 0.15) is 5.75 Å². The zero-order valence-electron chi connectivity index (χ0n) is 14.3. The Kier molecular flexibility index (Phi) is 5.36. The normalized spacial score (nSPS) is 26.4. The molecule has 8 heteroatoms. The summed E-state index contributed by atoms with van der Waals surface area (Å²) in [6, 6.07) is 5.03. The number of amides is 2. The minimum Gasteiger partial charge on any atom is -0.484 e. The highest BCUT2D eigenvalue weighted by Gasteiger charge is 2.54. The first kappa shape index (κ1) is 18.5. The number of benzene rings is 1. The van der Waals surface area contributed by atoms with Crippen molar-refractivity contribution in [1.82, 2.24) is 10.9 Å². The van der Waals surface area contributed by atoms with E-state index >= 15 is 0 Å². The fourth-order valence-corrected chi connectivity index (χ4v) is 4.25. The predicted octanol–water partition coefficient (Wildman–Crippen LogP) is 1.92. The van der Waals surface area contributed by atoms with E-state index in [1.54, 1.807) is 18.2 Å². The zero-order chi connectivity index (χ0) is 18.8. The quantitative estimate of drug-likeness (QED) is 0.677. The molecule has 140 valence electrons. The number of carboxylic acids is 1. The molecule has 2 bridgehead atoms. The van der Waals surface area contributed by atoms with E-state index in [4.69, 9.17) is 16.3 Å². The molecule has 2 saturated carbocycles. The number of aliphatic carboxylic acids is 1. The summed E-state index contributed by atoms with van der Waals surface area (Å²) in [7, 11) is 0. The average molecular weight is 381 g/mol. The topological polar surface area (TPSA) is 105 Å². The summed E-state index contributed by atoms with van der Waals surface area (Å²) < 4.78 is 5.35. The molecular weight excluding hydrogens is 360 g/mol. The molecule has 0 spiro atoms. The maximum Gasteiger partial charge on any atom is 0.307 e. The molecule has 26 heavy (non-hydrogen) atoms. The number of halogens is 1. The van der Waals surface area contributed by atoms with Crippen LogP contribution in [-0.4, -0.2) is 29.5 Å². The first-order chi connectivity index (χ1) is 12.4. The van der Waals surface area contributed by atoms with E-state index in [9.17, 15) is 19.5 Å². The Balaban J connectivity index is 1.49. The Morgan fingerprint density at radius 1 is 1.19 bits per heavy atom. The van der Waals surface area contributed by atoms with Crippen LogP contribution in [0.1, 0.15) is 24.8 Å².